The number of anilines is 1. The Kier molecular flexibility index (Phi) is 8.17. The maximum absolute atomic E-state index is 12.7. The maximum atomic E-state index is 12.7. The molecule has 0 spiro atoms. The number of ether oxygens (including phenoxy) is 1. The lowest BCUT2D eigenvalue weighted by molar-refractivity contribution is 0.252. The van der Waals surface area contributed by atoms with Gasteiger partial charge in [-0.15, -0.1) is 0 Å². The predicted octanol–water partition coefficient (Wildman–Crippen LogP) is 5.52. The second-order valence-electron chi connectivity index (χ2n) is 9.65. The number of aryl methyl sites for hydroxylation is 1. The number of nitrogens with zero attached hydrogens (tertiary/aromatic N) is 3. The minimum absolute atomic E-state index is 0.0127. The van der Waals surface area contributed by atoms with Crippen LogP contribution in [0.25, 0.3) is 27.5 Å². The van der Waals surface area contributed by atoms with Gasteiger partial charge in [0.25, 0.3) is 0 Å². The van der Waals surface area contributed by atoms with E-state index in [0.717, 1.165) is 45.2 Å². The molecule has 2 heterocycles. The highest BCUT2D eigenvalue weighted by molar-refractivity contribution is 7.89. The quantitative estimate of drug-likeness (QED) is 0.183. The summed E-state index contributed by atoms with van der Waals surface area (Å²) in [5, 5.41) is 11.5. The van der Waals surface area contributed by atoms with Crippen molar-refractivity contribution in [2.45, 2.75) is 17.7 Å². The number of methoxy groups -OCH3 is 1. The van der Waals surface area contributed by atoms with Gasteiger partial charge >= 0.3 is 6.03 Å². The summed E-state index contributed by atoms with van der Waals surface area (Å²) < 4.78 is 34.5. The van der Waals surface area contributed by atoms with E-state index in [-0.39, 0.29) is 18.0 Å². The van der Waals surface area contributed by atoms with Crippen LogP contribution in [0.4, 0.5) is 9.93 Å². The molecule has 220 valence electrons. The molecule has 1 aliphatic carbocycles. The van der Waals surface area contributed by atoms with Crippen LogP contribution < -0.4 is 20.1 Å². The first-order valence-electron chi connectivity index (χ1n) is 13.4. The van der Waals surface area contributed by atoms with Crippen LogP contribution in [0.2, 0.25) is 5.02 Å². The molecular formula is C30H27ClN6O4S2. The van der Waals surface area contributed by atoms with Crippen molar-refractivity contribution in [3.63, 3.8) is 0 Å². The third-order valence-corrected chi connectivity index (χ3v) is 9.74. The van der Waals surface area contributed by atoms with E-state index in [1.54, 1.807) is 12.1 Å². The molecule has 0 saturated carbocycles. The lowest BCUT2D eigenvalue weighted by Crippen LogP contribution is -2.36. The van der Waals surface area contributed by atoms with Crippen molar-refractivity contribution >= 4 is 44.1 Å². The zero-order valence-electron chi connectivity index (χ0n) is 23.0. The topological polar surface area (TPSA) is 127 Å². The normalized spacial score (nSPS) is 12.3. The van der Waals surface area contributed by atoms with Crippen molar-refractivity contribution in [2.24, 2.45) is 0 Å². The number of hydrogen-bond donors (Lipinski definition) is 3. The van der Waals surface area contributed by atoms with Gasteiger partial charge in [0.2, 0.25) is 10.0 Å². The van der Waals surface area contributed by atoms with Gasteiger partial charge in [0.05, 0.1) is 44.7 Å². The molecule has 0 aliphatic heterocycles. The number of sulfonamides is 1. The van der Waals surface area contributed by atoms with Gasteiger partial charge in [0.15, 0.2) is 5.13 Å². The molecule has 1 aliphatic rings. The van der Waals surface area contributed by atoms with Crippen molar-refractivity contribution in [3.05, 3.63) is 95.1 Å². The highest BCUT2D eigenvalue weighted by atomic mass is 35.5. The predicted molar refractivity (Wildman–Crippen MR) is 168 cm³/mol. The van der Waals surface area contributed by atoms with E-state index in [9.17, 15) is 13.2 Å². The van der Waals surface area contributed by atoms with Crippen molar-refractivity contribution in [1.82, 2.24) is 24.8 Å². The first-order valence-corrected chi connectivity index (χ1v) is 16.1. The van der Waals surface area contributed by atoms with E-state index in [4.69, 9.17) is 26.4 Å². The van der Waals surface area contributed by atoms with Gasteiger partial charge in [-0.05, 0) is 49.2 Å². The molecule has 0 saturated heterocycles. The number of hydrogen-bond acceptors (Lipinski definition) is 7. The summed E-state index contributed by atoms with van der Waals surface area (Å²) in [5.41, 5.74) is 5.53. The summed E-state index contributed by atoms with van der Waals surface area (Å²) in [6.07, 6.45) is 1.43. The number of amides is 2. The number of carbonyl (C=O) groups is 1. The average Bonchev–Trinajstić information content (AvgIpc) is 3.61. The minimum atomic E-state index is -3.73. The van der Waals surface area contributed by atoms with Gasteiger partial charge < -0.3 is 10.1 Å². The largest absolute Gasteiger partial charge is 0.497 e. The number of rotatable bonds is 9. The number of carbonyl (C=O) groups excluding carboxylic acids is 1. The number of thiazole rings is 1. The molecule has 13 heteroatoms. The summed E-state index contributed by atoms with van der Waals surface area (Å²) in [4.78, 5) is 18.4. The SMILES string of the molecule is COc1ccc(S(=O)(=O)NCCNC(=O)Nc2nc3c(s2)-c2c(c(-c4ccccc4)nn2-c2ccccc2Cl)CC3)cc1. The summed E-state index contributed by atoms with van der Waals surface area (Å²) in [5.74, 6) is 0.558. The second kappa shape index (κ2) is 12.2. The number of para-hydroxylation sites is 1. The van der Waals surface area contributed by atoms with E-state index >= 15 is 0 Å². The number of urea groups is 1. The van der Waals surface area contributed by atoms with E-state index < -0.39 is 16.1 Å². The van der Waals surface area contributed by atoms with E-state index in [0.29, 0.717) is 22.3 Å². The smallest absolute Gasteiger partial charge is 0.321 e. The number of halogens is 1. The molecule has 43 heavy (non-hydrogen) atoms. The van der Waals surface area contributed by atoms with Crippen LogP contribution in [0, 0.1) is 0 Å². The van der Waals surface area contributed by atoms with Crippen LogP contribution in [-0.4, -0.2) is 49.4 Å². The molecule has 0 bridgehead atoms. The molecule has 0 atom stereocenters. The Balaban J connectivity index is 1.18. The van der Waals surface area contributed by atoms with Gasteiger partial charge in [-0.3, -0.25) is 5.32 Å². The monoisotopic (exact) mass is 634 g/mol. The Bertz CT molecular complexity index is 1890. The van der Waals surface area contributed by atoms with Crippen LogP contribution in [0.15, 0.2) is 83.8 Å². The molecule has 3 aromatic carbocycles. The standard InChI is InChI=1S/C30H27ClN6O4S2/c1-41-20-11-13-21(14-12-20)43(39,40)33-18-17-32-29(38)35-30-34-24-16-15-22-26(19-7-3-2-4-8-19)36-37(27(22)28(24)42-30)25-10-6-5-9-23(25)31/h2-14,33H,15-18H2,1H3,(H2,32,34,35,38). The first-order chi connectivity index (χ1) is 20.8. The highest BCUT2D eigenvalue weighted by Crippen LogP contribution is 2.44. The summed E-state index contributed by atoms with van der Waals surface area (Å²) >= 11 is 7.97. The van der Waals surface area contributed by atoms with E-state index in [1.165, 1.54) is 30.6 Å². The molecule has 6 rings (SSSR count). The molecule has 2 aromatic heterocycles. The Hall–Kier alpha value is -4.23. The average molecular weight is 635 g/mol. The Morgan fingerprint density at radius 2 is 1.74 bits per heavy atom. The highest BCUT2D eigenvalue weighted by Gasteiger charge is 2.30. The second-order valence-corrected chi connectivity index (χ2v) is 12.8. The van der Waals surface area contributed by atoms with Crippen LogP contribution >= 0.6 is 22.9 Å². The van der Waals surface area contributed by atoms with Crippen molar-refractivity contribution < 1.29 is 17.9 Å². The first kappa shape index (κ1) is 28.9. The summed E-state index contributed by atoms with van der Waals surface area (Å²) in [7, 11) is -2.22. The van der Waals surface area contributed by atoms with Gasteiger partial charge in [-0.2, -0.15) is 5.10 Å². The molecule has 2 amide bonds. The van der Waals surface area contributed by atoms with E-state index in [2.05, 4.69) is 15.4 Å². The number of fused-ring (bicyclic) bond motifs is 3. The molecule has 0 unspecified atom stereocenters. The number of nitrogens with one attached hydrogen (secondary N) is 3. The van der Waals surface area contributed by atoms with Gasteiger partial charge in [-0.25, -0.2) is 27.6 Å². The van der Waals surface area contributed by atoms with Crippen LogP contribution in [0.5, 0.6) is 5.75 Å². The Morgan fingerprint density at radius 3 is 2.49 bits per heavy atom. The summed E-state index contributed by atoms with van der Waals surface area (Å²) in [6.45, 7) is 0.0922. The number of aromatic nitrogens is 3. The maximum Gasteiger partial charge on any atom is 0.321 e. The van der Waals surface area contributed by atoms with Gasteiger partial charge in [-0.1, -0.05) is 65.4 Å². The minimum Gasteiger partial charge on any atom is -0.497 e. The fourth-order valence-electron chi connectivity index (χ4n) is 4.89. The van der Waals surface area contributed by atoms with Gasteiger partial charge in [0.1, 0.15) is 5.75 Å². The third-order valence-electron chi connectivity index (χ3n) is 6.93. The molecule has 5 aromatic rings. The van der Waals surface area contributed by atoms with Crippen LogP contribution in [0.1, 0.15) is 11.3 Å². The molecule has 10 nitrogen and oxygen atoms in total. The van der Waals surface area contributed by atoms with Crippen molar-refractivity contribution in [2.75, 3.05) is 25.5 Å². The lowest BCUT2D eigenvalue weighted by Gasteiger charge is -2.14. The number of benzene rings is 3. The molecule has 3 N–H and O–H groups in total. The zero-order valence-corrected chi connectivity index (χ0v) is 25.4. The van der Waals surface area contributed by atoms with Crippen molar-refractivity contribution in [1.29, 1.82) is 0 Å². The molecule has 0 radical (unpaired) electrons. The molecule has 0 fully saturated rings. The lowest BCUT2D eigenvalue weighted by atomic mass is 9.95. The van der Waals surface area contributed by atoms with Gasteiger partial charge in [0, 0.05) is 24.2 Å². The fourth-order valence-corrected chi connectivity index (χ4v) is 7.20. The molecular weight excluding hydrogens is 608 g/mol. The fraction of sp³-hybridized carbons (Fsp3) is 0.167. The Morgan fingerprint density at radius 1 is 1.00 bits per heavy atom. The zero-order chi connectivity index (χ0) is 30.0. The Labute approximate surface area is 257 Å². The van der Waals surface area contributed by atoms with E-state index in [1.807, 2.05) is 59.3 Å². The van der Waals surface area contributed by atoms with Crippen LogP contribution in [-0.2, 0) is 22.9 Å². The van der Waals surface area contributed by atoms with Crippen LogP contribution in [0.3, 0.4) is 0 Å². The van der Waals surface area contributed by atoms with Crippen molar-refractivity contribution in [3.8, 4) is 33.3 Å². The third kappa shape index (κ3) is 6.00. The summed E-state index contributed by atoms with van der Waals surface area (Å²) in [6, 6.07) is 23.1.